The van der Waals surface area contributed by atoms with Gasteiger partial charge in [0.2, 0.25) is 0 Å². The lowest BCUT2D eigenvalue weighted by molar-refractivity contribution is 0.0602. The Bertz CT molecular complexity index is 401. The Morgan fingerprint density at radius 1 is 1.56 bits per heavy atom. The van der Waals surface area contributed by atoms with E-state index in [0.717, 1.165) is 25.8 Å². The fourth-order valence-corrected chi connectivity index (χ4v) is 2.58. The largest absolute Gasteiger partial charge is 0.335 e. The zero-order valence-electron chi connectivity index (χ0n) is 11.0. The van der Waals surface area contributed by atoms with E-state index < -0.39 is 0 Å². The average molecular weight is 250 g/mol. The first-order chi connectivity index (χ1) is 8.76. The lowest BCUT2D eigenvalue weighted by Crippen LogP contribution is -2.43. The van der Waals surface area contributed by atoms with Gasteiger partial charge in [-0.15, -0.1) is 0 Å². The summed E-state index contributed by atoms with van der Waals surface area (Å²) in [4.78, 5) is 18.6. The molecule has 18 heavy (non-hydrogen) atoms. The van der Waals surface area contributed by atoms with Crippen molar-refractivity contribution in [3.05, 3.63) is 18.2 Å². The van der Waals surface area contributed by atoms with Crippen molar-refractivity contribution >= 4 is 5.91 Å². The van der Waals surface area contributed by atoms with Crippen molar-refractivity contribution < 1.29 is 4.79 Å². The molecule has 5 nitrogen and oxygen atoms in total. The number of nitrogens with two attached hydrogens (primary N) is 1. The van der Waals surface area contributed by atoms with Gasteiger partial charge >= 0.3 is 0 Å². The molecule has 2 rings (SSSR count). The molecule has 0 aliphatic carbocycles. The molecule has 2 N–H and O–H groups in total. The maximum absolute atomic E-state index is 12.4. The molecule has 0 radical (unpaired) electrons. The van der Waals surface area contributed by atoms with E-state index in [4.69, 9.17) is 5.73 Å². The number of aromatic nitrogens is 2. The molecule has 1 amide bonds. The first kappa shape index (κ1) is 13.1. The summed E-state index contributed by atoms with van der Waals surface area (Å²) in [7, 11) is 0. The molecule has 0 bridgehead atoms. The monoisotopic (exact) mass is 250 g/mol. The molecule has 0 aromatic carbocycles. The van der Waals surface area contributed by atoms with Gasteiger partial charge in [0.15, 0.2) is 0 Å². The summed E-state index contributed by atoms with van der Waals surface area (Å²) in [5.41, 5.74) is 6.03. The van der Waals surface area contributed by atoms with Crippen LogP contribution in [0, 0.1) is 0 Å². The van der Waals surface area contributed by atoms with Crippen LogP contribution in [0.4, 0.5) is 0 Å². The second kappa shape index (κ2) is 6.00. The Hall–Kier alpha value is -1.36. The van der Waals surface area contributed by atoms with Crippen molar-refractivity contribution in [1.82, 2.24) is 14.5 Å². The minimum absolute atomic E-state index is 0.0670. The number of likely N-dealkylation sites (tertiary alicyclic amines) is 1. The lowest BCUT2D eigenvalue weighted by atomic mass is 10.00. The number of amides is 1. The van der Waals surface area contributed by atoms with Crippen LogP contribution in [0.1, 0.15) is 43.1 Å². The number of piperidine rings is 1. The lowest BCUT2D eigenvalue weighted by Gasteiger charge is -2.34. The van der Waals surface area contributed by atoms with Gasteiger partial charge in [-0.05, 0) is 25.7 Å². The van der Waals surface area contributed by atoms with Crippen LogP contribution in [0.25, 0.3) is 0 Å². The first-order valence-electron chi connectivity index (χ1n) is 6.79. The van der Waals surface area contributed by atoms with Gasteiger partial charge in [-0.3, -0.25) is 4.79 Å². The topological polar surface area (TPSA) is 64.2 Å². The van der Waals surface area contributed by atoms with Crippen LogP contribution in [0.3, 0.4) is 0 Å². The van der Waals surface area contributed by atoms with Gasteiger partial charge < -0.3 is 15.2 Å². The summed E-state index contributed by atoms with van der Waals surface area (Å²) in [6.45, 7) is 4.27. The molecule has 1 atom stereocenters. The maximum Gasteiger partial charge on any atom is 0.274 e. The predicted octanol–water partition coefficient (Wildman–Crippen LogP) is 1.25. The highest BCUT2D eigenvalue weighted by atomic mass is 16.2. The molecule has 2 heterocycles. The third kappa shape index (κ3) is 2.72. The van der Waals surface area contributed by atoms with Crippen molar-refractivity contribution in [2.45, 2.75) is 45.2 Å². The van der Waals surface area contributed by atoms with E-state index in [0.29, 0.717) is 24.8 Å². The zero-order chi connectivity index (χ0) is 13.0. The van der Waals surface area contributed by atoms with Crippen LogP contribution in [-0.4, -0.2) is 39.5 Å². The highest BCUT2D eigenvalue weighted by molar-refractivity contribution is 5.92. The van der Waals surface area contributed by atoms with Gasteiger partial charge in [-0.2, -0.15) is 0 Å². The van der Waals surface area contributed by atoms with Crippen molar-refractivity contribution in [3.8, 4) is 0 Å². The van der Waals surface area contributed by atoms with Gasteiger partial charge in [-0.25, -0.2) is 4.98 Å². The molecule has 100 valence electrons. The zero-order valence-corrected chi connectivity index (χ0v) is 11.0. The fourth-order valence-electron chi connectivity index (χ4n) is 2.58. The number of nitrogens with zero attached hydrogens (tertiary/aromatic N) is 3. The fraction of sp³-hybridized carbons (Fsp3) is 0.692. The molecular weight excluding hydrogens is 228 g/mol. The summed E-state index contributed by atoms with van der Waals surface area (Å²) < 4.78 is 1.87. The van der Waals surface area contributed by atoms with E-state index in [-0.39, 0.29) is 5.91 Å². The molecule has 1 aromatic heterocycles. The van der Waals surface area contributed by atoms with E-state index >= 15 is 0 Å². The van der Waals surface area contributed by atoms with Crippen LogP contribution in [0.5, 0.6) is 0 Å². The molecule has 1 aliphatic rings. The van der Waals surface area contributed by atoms with E-state index in [9.17, 15) is 4.79 Å². The highest BCUT2D eigenvalue weighted by Crippen LogP contribution is 2.21. The Morgan fingerprint density at radius 2 is 2.39 bits per heavy atom. The van der Waals surface area contributed by atoms with Crippen LogP contribution in [0.2, 0.25) is 0 Å². The molecule has 1 saturated heterocycles. The molecule has 0 saturated carbocycles. The number of hydrogen-bond donors (Lipinski definition) is 1. The van der Waals surface area contributed by atoms with Crippen molar-refractivity contribution in [2.24, 2.45) is 5.73 Å². The van der Waals surface area contributed by atoms with E-state index in [1.165, 1.54) is 6.42 Å². The van der Waals surface area contributed by atoms with Crippen LogP contribution < -0.4 is 5.73 Å². The third-order valence-electron chi connectivity index (χ3n) is 3.60. The SMILES string of the molecule is CCC1CCCCN1C(=O)c1cn(CCN)cn1. The quantitative estimate of drug-likeness (QED) is 0.874. The Morgan fingerprint density at radius 3 is 3.11 bits per heavy atom. The van der Waals surface area contributed by atoms with E-state index in [1.54, 1.807) is 12.5 Å². The van der Waals surface area contributed by atoms with Crippen LogP contribution in [-0.2, 0) is 6.54 Å². The molecule has 1 aliphatic heterocycles. The summed E-state index contributed by atoms with van der Waals surface area (Å²) >= 11 is 0. The Balaban J connectivity index is 2.08. The highest BCUT2D eigenvalue weighted by Gasteiger charge is 2.27. The van der Waals surface area contributed by atoms with Crippen LogP contribution >= 0.6 is 0 Å². The Kier molecular flexibility index (Phi) is 4.36. The minimum Gasteiger partial charge on any atom is -0.335 e. The average Bonchev–Trinajstić information content (AvgIpc) is 2.87. The smallest absolute Gasteiger partial charge is 0.274 e. The number of imidazole rings is 1. The molecule has 1 fully saturated rings. The molecule has 0 spiro atoms. The van der Waals surface area contributed by atoms with Crippen molar-refractivity contribution in [3.63, 3.8) is 0 Å². The molecule has 1 aromatic rings. The van der Waals surface area contributed by atoms with E-state index in [1.807, 2.05) is 9.47 Å². The Labute approximate surface area is 108 Å². The van der Waals surface area contributed by atoms with Gasteiger partial charge in [0.1, 0.15) is 5.69 Å². The molecular formula is C13H22N4O. The van der Waals surface area contributed by atoms with Crippen molar-refractivity contribution in [2.75, 3.05) is 13.1 Å². The van der Waals surface area contributed by atoms with Gasteiger partial charge in [-0.1, -0.05) is 6.92 Å². The number of hydrogen-bond acceptors (Lipinski definition) is 3. The van der Waals surface area contributed by atoms with Gasteiger partial charge in [0, 0.05) is 31.9 Å². The predicted molar refractivity (Wildman–Crippen MR) is 70.2 cm³/mol. The molecule has 5 heteroatoms. The van der Waals surface area contributed by atoms with E-state index in [2.05, 4.69) is 11.9 Å². The minimum atomic E-state index is 0.0670. The van der Waals surface area contributed by atoms with Crippen LogP contribution in [0.15, 0.2) is 12.5 Å². The van der Waals surface area contributed by atoms with Gasteiger partial charge in [0.25, 0.3) is 5.91 Å². The summed E-state index contributed by atoms with van der Waals surface area (Å²) in [5, 5.41) is 0. The summed E-state index contributed by atoms with van der Waals surface area (Å²) in [5.74, 6) is 0.0670. The normalized spacial score (nSPS) is 20.1. The van der Waals surface area contributed by atoms with Gasteiger partial charge in [0.05, 0.1) is 6.33 Å². The first-order valence-corrected chi connectivity index (χ1v) is 6.79. The number of carbonyl (C=O) groups excluding carboxylic acids is 1. The molecule has 1 unspecified atom stereocenters. The van der Waals surface area contributed by atoms with Crippen molar-refractivity contribution in [1.29, 1.82) is 0 Å². The standard InChI is InChI=1S/C13H22N4O/c1-2-11-5-3-4-7-17(11)13(18)12-9-16(8-6-14)10-15-12/h9-11H,2-8,14H2,1H3. The number of rotatable bonds is 4. The third-order valence-corrected chi connectivity index (χ3v) is 3.60. The summed E-state index contributed by atoms with van der Waals surface area (Å²) in [6.07, 6.45) is 7.96. The number of carbonyl (C=O) groups is 1. The second-order valence-corrected chi connectivity index (χ2v) is 4.84. The summed E-state index contributed by atoms with van der Waals surface area (Å²) in [6, 6.07) is 0.380. The maximum atomic E-state index is 12.4. The second-order valence-electron chi connectivity index (χ2n) is 4.84.